The van der Waals surface area contributed by atoms with Crippen molar-refractivity contribution in [2.75, 3.05) is 13.1 Å². The summed E-state index contributed by atoms with van der Waals surface area (Å²) in [7, 11) is 0. The lowest BCUT2D eigenvalue weighted by Gasteiger charge is -2.38. The molecule has 2 nitrogen and oxygen atoms in total. The lowest BCUT2D eigenvalue weighted by Crippen LogP contribution is -2.46. The van der Waals surface area contributed by atoms with Crippen LogP contribution in [0, 0.1) is 0 Å². The number of piperidine rings is 1. The molecule has 1 spiro atoms. The van der Waals surface area contributed by atoms with Crippen LogP contribution in [0.1, 0.15) is 24.0 Å². The van der Waals surface area contributed by atoms with Crippen LogP contribution in [0.15, 0.2) is 48.5 Å². The fraction of sp³-hybridized carbons (Fsp3) is 0.368. The minimum Gasteiger partial charge on any atom is -0.486 e. The number of rotatable bonds is 2. The van der Waals surface area contributed by atoms with Crippen molar-refractivity contribution in [1.29, 1.82) is 0 Å². The SMILES string of the molecule is Clc1ccc2c(c1)OC1(CCN(Cc3ccccc3)CC1)C2. The molecule has 114 valence electrons. The number of ether oxygens (including phenoxy) is 1. The first-order valence-electron chi connectivity index (χ1n) is 7.96. The quantitative estimate of drug-likeness (QED) is 0.819. The van der Waals surface area contributed by atoms with Gasteiger partial charge in [-0.25, -0.2) is 0 Å². The van der Waals surface area contributed by atoms with Crippen molar-refractivity contribution < 1.29 is 4.74 Å². The average molecular weight is 314 g/mol. The number of hydrogen-bond donors (Lipinski definition) is 0. The topological polar surface area (TPSA) is 12.5 Å². The average Bonchev–Trinajstić information content (AvgIpc) is 2.88. The van der Waals surface area contributed by atoms with Crippen LogP contribution in [0.4, 0.5) is 0 Å². The maximum absolute atomic E-state index is 6.30. The molecule has 0 saturated carbocycles. The smallest absolute Gasteiger partial charge is 0.124 e. The van der Waals surface area contributed by atoms with Gasteiger partial charge in [0.1, 0.15) is 11.4 Å². The Morgan fingerprint density at radius 1 is 1.05 bits per heavy atom. The van der Waals surface area contributed by atoms with E-state index in [1.54, 1.807) is 0 Å². The van der Waals surface area contributed by atoms with Gasteiger partial charge in [0, 0.05) is 43.9 Å². The summed E-state index contributed by atoms with van der Waals surface area (Å²) in [4.78, 5) is 2.53. The van der Waals surface area contributed by atoms with Gasteiger partial charge in [-0.15, -0.1) is 0 Å². The number of nitrogens with zero attached hydrogens (tertiary/aromatic N) is 1. The monoisotopic (exact) mass is 313 g/mol. The summed E-state index contributed by atoms with van der Waals surface area (Å²) in [5.74, 6) is 0.990. The molecule has 22 heavy (non-hydrogen) atoms. The van der Waals surface area contributed by atoms with E-state index in [1.807, 2.05) is 12.1 Å². The predicted molar refractivity (Wildman–Crippen MR) is 89.5 cm³/mol. The van der Waals surface area contributed by atoms with Crippen molar-refractivity contribution in [2.45, 2.75) is 31.4 Å². The summed E-state index contributed by atoms with van der Waals surface area (Å²) < 4.78 is 6.30. The molecule has 0 bridgehead atoms. The summed E-state index contributed by atoms with van der Waals surface area (Å²) in [5, 5.41) is 0.761. The maximum Gasteiger partial charge on any atom is 0.124 e. The lowest BCUT2D eigenvalue weighted by molar-refractivity contribution is 0.0170. The molecular weight excluding hydrogens is 294 g/mol. The predicted octanol–water partition coefficient (Wildman–Crippen LogP) is 4.31. The summed E-state index contributed by atoms with van der Waals surface area (Å²) in [6, 6.07) is 16.7. The Hall–Kier alpha value is -1.51. The number of halogens is 1. The third kappa shape index (κ3) is 2.73. The Morgan fingerprint density at radius 2 is 1.82 bits per heavy atom. The van der Waals surface area contributed by atoms with E-state index in [0.717, 1.165) is 49.7 Å². The van der Waals surface area contributed by atoms with Crippen LogP contribution < -0.4 is 4.74 Å². The highest BCUT2D eigenvalue weighted by atomic mass is 35.5. The van der Waals surface area contributed by atoms with Gasteiger partial charge in [-0.1, -0.05) is 48.0 Å². The van der Waals surface area contributed by atoms with Gasteiger partial charge in [0.05, 0.1) is 0 Å². The number of hydrogen-bond acceptors (Lipinski definition) is 2. The molecule has 3 heteroatoms. The first kappa shape index (κ1) is 14.1. The molecule has 2 aromatic carbocycles. The van der Waals surface area contributed by atoms with E-state index < -0.39 is 0 Å². The Morgan fingerprint density at radius 3 is 2.59 bits per heavy atom. The van der Waals surface area contributed by atoms with Gasteiger partial charge in [0.25, 0.3) is 0 Å². The molecule has 1 saturated heterocycles. The molecule has 4 rings (SSSR count). The van der Waals surface area contributed by atoms with Crippen LogP contribution in [0.2, 0.25) is 5.02 Å². The van der Waals surface area contributed by atoms with E-state index >= 15 is 0 Å². The van der Waals surface area contributed by atoms with Gasteiger partial charge in [-0.3, -0.25) is 4.90 Å². The first-order valence-corrected chi connectivity index (χ1v) is 8.34. The third-order valence-electron chi connectivity index (χ3n) is 4.88. The summed E-state index contributed by atoms with van der Waals surface area (Å²) in [6.45, 7) is 3.23. The van der Waals surface area contributed by atoms with E-state index in [1.165, 1.54) is 11.1 Å². The third-order valence-corrected chi connectivity index (χ3v) is 5.12. The van der Waals surface area contributed by atoms with Crippen LogP contribution in [0.25, 0.3) is 0 Å². The highest BCUT2D eigenvalue weighted by Gasteiger charge is 2.41. The van der Waals surface area contributed by atoms with Crippen molar-refractivity contribution in [3.63, 3.8) is 0 Å². The molecule has 0 aromatic heterocycles. The molecule has 0 N–H and O–H groups in total. The van der Waals surface area contributed by atoms with Gasteiger partial charge in [0.2, 0.25) is 0 Å². The van der Waals surface area contributed by atoms with Crippen LogP contribution in [0.5, 0.6) is 5.75 Å². The molecule has 2 aliphatic rings. The van der Waals surface area contributed by atoms with Gasteiger partial charge >= 0.3 is 0 Å². The molecule has 2 heterocycles. The summed E-state index contributed by atoms with van der Waals surface area (Å²) in [6.07, 6.45) is 3.21. The van der Waals surface area contributed by atoms with Gasteiger partial charge in [-0.05, 0) is 23.3 Å². The highest BCUT2D eigenvalue weighted by Crippen LogP contribution is 2.42. The zero-order valence-electron chi connectivity index (χ0n) is 12.6. The lowest BCUT2D eigenvalue weighted by atomic mass is 9.87. The second-order valence-corrected chi connectivity index (χ2v) is 6.91. The van der Waals surface area contributed by atoms with Crippen LogP contribution >= 0.6 is 11.6 Å². The normalized spacial score (nSPS) is 19.9. The summed E-state index contributed by atoms with van der Waals surface area (Å²) >= 11 is 6.08. The number of benzene rings is 2. The highest BCUT2D eigenvalue weighted by molar-refractivity contribution is 6.30. The zero-order chi connectivity index (χ0) is 15.0. The molecule has 0 amide bonds. The Balaban J connectivity index is 1.40. The first-order chi connectivity index (χ1) is 10.7. The molecule has 1 fully saturated rings. The molecular formula is C19H20ClNO. The minimum absolute atomic E-state index is 0.000202. The minimum atomic E-state index is 0.000202. The van der Waals surface area contributed by atoms with Gasteiger partial charge in [0.15, 0.2) is 0 Å². The molecule has 2 aromatic rings. The van der Waals surface area contributed by atoms with Crippen molar-refractivity contribution >= 4 is 11.6 Å². The van der Waals surface area contributed by atoms with Crippen molar-refractivity contribution in [3.8, 4) is 5.75 Å². The Kier molecular flexibility index (Phi) is 3.59. The van der Waals surface area contributed by atoms with E-state index in [2.05, 4.69) is 41.3 Å². The summed E-state index contributed by atoms with van der Waals surface area (Å²) in [5.41, 5.74) is 2.70. The molecule has 0 unspecified atom stereocenters. The maximum atomic E-state index is 6.30. The van der Waals surface area contributed by atoms with Crippen molar-refractivity contribution in [3.05, 3.63) is 64.7 Å². The van der Waals surface area contributed by atoms with Crippen LogP contribution in [-0.2, 0) is 13.0 Å². The fourth-order valence-electron chi connectivity index (χ4n) is 3.62. The van der Waals surface area contributed by atoms with E-state index in [4.69, 9.17) is 16.3 Å². The fourth-order valence-corrected chi connectivity index (χ4v) is 3.79. The number of fused-ring (bicyclic) bond motifs is 1. The van der Waals surface area contributed by atoms with Crippen molar-refractivity contribution in [1.82, 2.24) is 4.90 Å². The Labute approximate surface area is 136 Å². The molecule has 0 atom stereocenters. The van der Waals surface area contributed by atoms with E-state index in [0.29, 0.717) is 0 Å². The standard InChI is InChI=1S/C19H20ClNO/c20-17-7-6-16-13-19(22-18(16)12-17)8-10-21(11-9-19)14-15-4-2-1-3-5-15/h1-7,12H,8-11,13-14H2. The largest absolute Gasteiger partial charge is 0.486 e. The molecule has 0 aliphatic carbocycles. The number of likely N-dealkylation sites (tertiary alicyclic amines) is 1. The van der Waals surface area contributed by atoms with E-state index in [9.17, 15) is 0 Å². The van der Waals surface area contributed by atoms with Crippen molar-refractivity contribution in [2.24, 2.45) is 0 Å². The van der Waals surface area contributed by atoms with Crippen LogP contribution in [0.3, 0.4) is 0 Å². The second-order valence-electron chi connectivity index (χ2n) is 6.48. The molecule has 0 radical (unpaired) electrons. The van der Waals surface area contributed by atoms with E-state index in [-0.39, 0.29) is 5.60 Å². The Bertz CT molecular complexity index is 662. The van der Waals surface area contributed by atoms with Crippen LogP contribution in [-0.4, -0.2) is 23.6 Å². The van der Waals surface area contributed by atoms with Gasteiger partial charge in [-0.2, -0.15) is 0 Å². The zero-order valence-corrected chi connectivity index (χ0v) is 13.4. The molecule has 2 aliphatic heterocycles. The second kappa shape index (κ2) is 5.60. The van der Waals surface area contributed by atoms with Gasteiger partial charge < -0.3 is 4.74 Å².